The van der Waals surface area contributed by atoms with Crippen LogP contribution in [0.25, 0.3) is 11.3 Å². The van der Waals surface area contributed by atoms with Gasteiger partial charge in [-0.05, 0) is 31.0 Å². The third-order valence-electron chi connectivity index (χ3n) is 3.73. The average Bonchev–Trinajstić information content (AvgIpc) is 2.97. The fraction of sp³-hybridized carbons (Fsp3) is 0.158. The van der Waals surface area contributed by atoms with Crippen molar-refractivity contribution in [2.75, 3.05) is 6.54 Å². The summed E-state index contributed by atoms with van der Waals surface area (Å²) in [5.74, 6) is 0.349. The second kappa shape index (κ2) is 7.45. The summed E-state index contributed by atoms with van der Waals surface area (Å²) in [5.41, 5.74) is 3.08. The standard InChI is InChI=1S/C19H17BrN2O2/c1-13-17(18(22-24-13)15-8-5-9-16(20)12-15)19(23)21-11-10-14-6-3-2-4-7-14/h2-9,12H,10-11H2,1H3,(H,21,23). The molecule has 0 fully saturated rings. The Labute approximate surface area is 149 Å². The van der Waals surface area contributed by atoms with Gasteiger partial charge >= 0.3 is 0 Å². The Balaban J connectivity index is 1.74. The van der Waals surface area contributed by atoms with E-state index in [1.807, 2.05) is 54.6 Å². The summed E-state index contributed by atoms with van der Waals surface area (Å²) in [4.78, 5) is 12.6. The fourth-order valence-corrected chi connectivity index (χ4v) is 2.93. The van der Waals surface area contributed by atoms with Gasteiger partial charge in [0.2, 0.25) is 0 Å². The molecule has 1 heterocycles. The zero-order valence-electron chi connectivity index (χ0n) is 13.3. The molecule has 3 aromatic rings. The molecule has 122 valence electrons. The highest BCUT2D eigenvalue weighted by Crippen LogP contribution is 2.27. The maximum Gasteiger partial charge on any atom is 0.257 e. The Morgan fingerprint density at radius 3 is 2.71 bits per heavy atom. The van der Waals surface area contributed by atoms with Crippen molar-refractivity contribution in [3.8, 4) is 11.3 Å². The van der Waals surface area contributed by atoms with Gasteiger partial charge in [0, 0.05) is 16.6 Å². The van der Waals surface area contributed by atoms with Crippen LogP contribution in [0.2, 0.25) is 0 Å². The predicted octanol–water partition coefficient (Wildman–Crippen LogP) is 4.39. The molecule has 5 heteroatoms. The molecular weight excluding hydrogens is 368 g/mol. The first-order valence-electron chi connectivity index (χ1n) is 7.69. The Hall–Kier alpha value is -2.40. The second-order valence-corrected chi connectivity index (χ2v) is 6.38. The molecule has 0 atom stereocenters. The first-order valence-corrected chi connectivity index (χ1v) is 8.49. The summed E-state index contributed by atoms with van der Waals surface area (Å²) in [6, 6.07) is 17.7. The van der Waals surface area contributed by atoms with Gasteiger partial charge in [-0.25, -0.2) is 0 Å². The molecule has 4 nitrogen and oxygen atoms in total. The molecular formula is C19H17BrN2O2. The van der Waals surface area contributed by atoms with E-state index < -0.39 is 0 Å². The van der Waals surface area contributed by atoms with Crippen LogP contribution >= 0.6 is 15.9 Å². The molecule has 1 N–H and O–H groups in total. The number of benzene rings is 2. The zero-order chi connectivity index (χ0) is 16.9. The average molecular weight is 385 g/mol. The van der Waals surface area contributed by atoms with E-state index >= 15 is 0 Å². The van der Waals surface area contributed by atoms with Crippen molar-refractivity contribution in [3.63, 3.8) is 0 Å². The third kappa shape index (κ3) is 3.74. The monoisotopic (exact) mass is 384 g/mol. The summed E-state index contributed by atoms with van der Waals surface area (Å²) >= 11 is 3.44. The first kappa shape index (κ1) is 16.5. The predicted molar refractivity (Wildman–Crippen MR) is 96.9 cm³/mol. The minimum Gasteiger partial charge on any atom is -0.360 e. The molecule has 24 heavy (non-hydrogen) atoms. The minimum atomic E-state index is -0.167. The van der Waals surface area contributed by atoms with Gasteiger partial charge in [-0.1, -0.05) is 63.6 Å². The van der Waals surface area contributed by atoms with E-state index in [-0.39, 0.29) is 5.91 Å². The molecule has 0 aliphatic rings. The van der Waals surface area contributed by atoms with Gasteiger partial charge in [0.25, 0.3) is 5.91 Å². The third-order valence-corrected chi connectivity index (χ3v) is 4.22. The van der Waals surface area contributed by atoms with E-state index in [1.54, 1.807) is 6.92 Å². The lowest BCUT2D eigenvalue weighted by atomic mass is 10.1. The van der Waals surface area contributed by atoms with Crippen molar-refractivity contribution < 1.29 is 9.32 Å². The summed E-state index contributed by atoms with van der Waals surface area (Å²) in [7, 11) is 0. The zero-order valence-corrected chi connectivity index (χ0v) is 14.8. The lowest BCUT2D eigenvalue weighted by molar-refractivity contribution is 0.0953. The topological polar surface area (TPSA) is 55.1 Å². The number of halogens is 1. The Bertz CT molecular complexity index is 844. The van der Waals surface area contributed by atoms with Crippen LogP contribution in [0.1, 0.15) is 21.7 Å². The number of aromatic nitrogens is 1. The van der Waals surface area contributed by atoms with Crippen LogP contribution < -0.4 is 5.32 Å². The van der Waals surface area contributed by atoms with Crippen LogP contribution in [0, 0.1) is 6.92 Å². The van der Waals surface area contributed by atoms with Gasteiger partial charge in [0.15, 0.2) is 0 Å². The number of carbonyl (C=O) groups excluding carboxylic acids is 1. The summed E-state index contributed by atoms with van der Waals surface area (Å²) in [6.07, 6.45) is 0.781. The number of nitrogens with one attached hydrogen (secondary N) is 1. The molecule has 1 amide bonds. The van der Waals surface area contributed by atoms with Gasteiger partial charge < -0.3 is 9.84 Å². The summed E-state index contributed by atoms with van der Waals surface area (Å²) in [5, 5.41) is 7.01. The van der Waals surface area contributed by atoms with Crippen molar-refractivity contribution >= 4 is 21.8 Å². The molecule has 0 spiro atoms. The van der Waals surface area contributed by atoms with Crippen LogP contribution in [0.4, 0.5) is 0 Å². The number of hydrogen-bond donors (Lipinski definition) is 1. The van der Waals surface area contributed by atoms with Gasteiger partial charge in [-0.3, -0.25) is 4.79 Å². The highest BCUT2D eigenvalue weighted by Gasteiger charge is 2.21. The van der Waals surface area contributed by atoms with Crippen molar-refractivity contribution in [3.05, 3.63) is 76.0 Å². The van der Waals surface area contributed by atoms with Crippen LogP contribution in [0.3, 0.4) is 0 Å². The fourth-order valence-electron chi connectivity index (χ4n) is 2.53. The number of hydrogen-bond acceptors (Lipinski definition) is 3. The van der Waals surface area contributed by atoms with Crippen molar-refractivity contribution in [2.24, 2.45) is 0 Å². The lowest BCUT2D eigenvalue weighted by Gasteiger charge is -2.06. The molecule has 0 saturated heterocycles. The normalized spacial score (nSPS) is 10.6. The van der Waals surface area contributed by atoms with E-state index in [0.29, 0.717) is 23.6 Å². The molecule has 2 aromatic carbocycles. The van der Waals surface area contributed by atoms with E-state index in [9.17, 15) is 4.79 Å². The van der Waals surface area contributed by atoms with E-state index in [4.69, 9.17) is 4.52 Å². The smallest absolute Gasteiger partial charge is 0.257 e. The maximum absolute atomic E-state index is 12.6. The first-order chi connectivity index (χ1) is 11.6. The molecule has 0 unspecified atom stereocenters. The largest absolute Gasteiger partial charge is 0.360 e. The van der Waals surface area contributed by atoms with Crippen molar-refractivity contribution in [1.29, 1.82) is 0 Å². The van der Waals surface area contributed by atoms with Gasteiger partial charge in [0.1, 0.15) is 17.0 Å². The van der Waals surface area contributed by atoms with Crippen molar-refractivity contribution in [2.45, 2.75) is 13.3 Å². The number of nitrogens with zero attached hydrogens (tertiary/aromatic N) is 1. The van der Waals surface area contributed by atoms with E-state index in [1.165, 1.54) is 5.56 Å². The van der Waals surface area contributed by atoms with Crippen molar-refractivity contribution in [1.82, 2.24) is 10.5 Å². The number of carbonyl (C=O) groups is 1. The van der Waals surface area contributed by atoms with Gasteiger partial charge in [-0.2, -0.15) is 0 Å². The number of aryl methyl sites for hydroxylation is 1. The van der Waals surface area contributed by atoms with E-state index in [0.717, 1.165) is 16.5 Å². The molecule has 0 saturated carbocycles. The highest BCUT2D eigenvalue weighted by atomic mass is 79.9. The molecule has 1 aromatic heterocycles. The molecule has 0 radical (unpaired) electrons. The Morgan fingerprint density at radius 1 is 1.17 bits per heavy atom. The quantitative estimate of drug-likeness (QED) is 0.709. The SMILES string of the molecule is Cc1onc(-c2cccc(Br)c2)c1C(=O)NCCc1ccccc1. The molecule has 0 aliphatic carbocycles. The van der Waals surface area contributed by atoms with Crippen LogP contribution in [0.15, 0.2) is 63.6 Å². The summed E-state index contributed by atoms with van der Waals surface area (Å²) in [6.45, 7) is 2.31. The van der Waals surface area contributed by atoms with Crippen LogP contribution in [-0.2, 0) is 6.42 Å². The maximum atomic E-state index is 12.6. The molecule has 0 bridgehead atoms. The summed E-state index contributed by atoms with van der Waals surface area (Å²) < 4.78 is 6.18. The van der Waals surface area contributed by atoms with E-state index in [2.05, 4.69) is 26.4 Å². The molecule has 3 rings (SSSR count). The van der Waals surface area contributed by atoms with Crippen LogP contribution in [-0.4, -0.2) is 17.6 Å². The molecule has 0 aliphatic heterocycles. The number of rotatable bonds is 5. The lowest BCUT2D eigenvalue weighted by Crippen LogP contribution is -2.26. The second-order valence-electron chi connectivity index (χ2n) is 5.46. The Morgan fingerprint density at radius 2 is 1.96 bits per heavy atom. The minimum absolute atomic E-state index is 0.167. The van der Waals surface area contributed by atoms with Gasteiger partial charge in [-0.15, -0.1) is 0 Å². The van der Waals surface area contributed by atoms with Gasteiger partial charge in [0.05, 0.1) is 0 Å². The highest BCUT2D eigenvalue weighted by molar-refractivity contribution is 9.10. The van der Waals surface area contributed by atoms with Crippen LogP contribution in [0.5, 0.6) is 0 Å². The number of amides is 1. The Kier molecular flexibility index (Phi) is 5.11.